The molecule has 1 aromatic carbocycles. The highest BCUT2D eigenvalue weighted by Gasteiger charge is 2.26. The number of ether oxygens (including phenoxy) is 2. The fourth-order valence-electron chi connectivity index (χ4n) is 3.09. The van der Waals surface area contributed by atoms with Crippen LogP contribution in [0.3, 0.4) is 0 Å². The molecule has 0 aliphatic heterocycles. The van der Waals surface area contributed by atoms with Gasteiger partial charge in [-0.1, -0.05) is 0 Å². The number of nitrogens with one attached hydrogen (secondary N) is 1. The number of carbonyl (C=O) groups excluding carboxylic acids is 1. The van der Waals surface area contributed by atoms with Crippen LogP contribution in [0.15, 0.2) is 30.5 Å². The average Bonchev–Trinajstić information content (AvgIpc) is 3.02. The summed E-state index contributed by atoms with van der Waals surface area (Å²) in [5.74, 6) is 0.0800. The van der Waals surface area contributed by atoms with Crippen LogP contribution < -0.4 is 14.8 Å². The highest BCUT2D eigenvalue weighted by Crippen LogP contribution is 2.35. The van der Waals surface area contributed by atoms with Gasteiger partial charge in [0.2, 0.25) is 5.88 Å². The monoisotopic (exact) mass is 373 g/mol. The highest BCUT2D eigenvalue weighted by molar-refractivity contribution is 5.94. The second-order valence-corrected chi connectivity index (χ2v) is 6.79. The Labute approximate surface area is 158 Å². The van der Waals surface area contributed by atoms with E-state index in [9.17, 15) is 9.18 Å². The number of hydrogen-bond acceptors (Lipinski definition) is 5. The summed E-state index contributed by atoms with van der Waals surface area (Å²) < 4.78 is 24.4. The molecule has 3 rings (SSSR count). The lowest BCUT2D eigenvalue weighted by atomic mass is 10.1. The van der Waals surface area contributed by atoms with Crippen LogP contribution in [0.25, 0.3) is 0 Å². The number of carbonyl (C=O) groups is 1. The van der Waals surface area contributed by atoms with Crippen LogP contribution in [0.1, 0.15) is 33.9 Å². The van der Waals surface area contributed by atoms with Gasteiger partial charge in [-0.15, -0.1) is 0 Å². The Kier molecular flexibility index (Phi) is 5.91. The summed E-state index contributed by atoms with van der Waals surface area (Å²) in [6.07, 6.45) is 2.95. The number of benzene rings is 1. The fraction of sp³-hybridized carbons (Fsp3) is 0.400. The van der Waals surface area contributed by atoms with E-state index in [1.54, 1.807) is 18.2 Å². The Morgan fingerprint density at radius 3 is 2.85 bits per heavy atom. The van der Waals surface area contributed by atoms with Gasteiger partial charge in [-0.25, -0.2) is 9.37 Å². The van der Waals surface area contributed by atoms with Crippen LogP contribution in [0.2, 0.25) is 0 Å². The molecule has 0 fully saturated rings. The minimum atomic E-state index is -0.378. The van der Waals surface area contributed by atoms with Gasteiger partial charge in [0.25, 0.3) is 5.91 Å². The first-order chi connectivity index (χ1) is 13.0. The standard InChI is InChI=1S/C20H24FN3O3/c1-24(2)8-9-27-19-7-5-14(12-22-19)20(25)23-17-6-4-13-10-16(21)18(26-3)11-15(13)17/h5,7,10-12,17H,4,6,8-9H2,1-3H3,(H,23,25). The van der Waals surface area contributed by atoms with Crippen molar-refractivity contribution in [1.29, 1.82) is 0 Å². The van der Waals surface area contributed by atoms with E-state index in [1.807, 2.05) is 19.0 Å². The molecule has 1 unspecified atom stereocenters. The Hall–Kier alpha value is -2.67. The van der Waals surface area contributed by atoms with Crippen molar-refractivity contribution in [1.82, 2.24) is 15.2 Å². The van der Waals surface area contributed by atoms with Crippen LogP contribution in [0.4, 0.5) is 4.39 Å². The first-order valence-electron chi connectivity index (χ1n) is 8.88. The van der Waals surface area contributed by atoms with Crippen molar-refractivity contribution in [2.75, 3.05) is 34.4 Å². The topological polar surface area (TPSA) is 63.7 Å². The van der Waals surface area contributed by atoms with Crippen LogP contribution in [0, 0.1) is 5.82 Å². The molecule has 6 nitrogen and oxygen atoms in total. The molecule has 0 bridgehead atoms. The number of pyridine rings is 1. The molecule has 0 radical (unpaired) electrons. The summed E-state index contributed by atoms with van der Waals surface area (Å²) in [5.41, 5.74) is 2.26. The number of aryl methyl sites for hydroxylation is 1. The Balaban J connectivity index is 1.63. The molecule has 1 amide bonds. The third-order valence-electron chi connectivity index (χ3n) is 4.58. The summed E-state index contributed by atoms with van der Waals surface area (Å²) in [6.45, 7) is 1.32. The highest BCUT2D eigenvalue weighted by atomic mass is 19.1. The molecular weight excluding hydrogens is 349 g/mol. The molecule has 0 saturated carbocycles. The number of methoxy groups -OCH3 is 1. The lowest BCUT2D eigenvalue weighted by molar-refractivity contribution is 0.0936. The van der Waals surface area contributed by atoms with E-state index < -0.39 is 0 Å². The van der Waals surface area contributed by atoms with Gasteiger partial charge in [0, 0.05) is 18.8 Å². The van der Waals surface area contributed by atoms with E-state index in [1.165, 1.54) is 19.4 Å². The third kappa shape index (κ3) is 4.54. The third-order valence-corrected chi connectivity index (χ3v) is 4.58. The molecule has 1 heterocycles. The van der Waals surface area contributed by atoms with Crippen LogP contribution in [0.5, 0.6) is 11.6 Å². The molecule has 1 N–H and O–H groups in total. The first-order valence-corrected chi connectivity index (χ1v) is 8.88. The number of aromatic nitrogens is 1. The van der Waals surface area contributed by atoms with Crippen molar-refractivity contribution < 1.29 is 18.7 Å². The van der Waals surface area contributed by atoms with E-state index in [4.69, 9.17) is 9.47 Å². The molecule has 1 atom stereocenters. The van der Waals surface area contributed by atoms with Crippen molar-refractivity contribution in [3.8, 4) is 11.6 Å². The van der Waals surface area contributed by atoms with E-state index >= 15 is 0 Å². The van der Waals surface area contributed by atoms with Gasteiger partial charge in [0.1, 0.15) is 6.61 Å². The number of fused-ring (bicyclic) bond motifs is 1. The Morgan fingerprint density at radius 1 is 1.37 bits per heavy atom. The van der Waals surface area contributed by atoms with Gasteiger partial charge < -0.3 is 19.7 Å². The van der Waals surface area contributed by atoms with Crippen LogP contribution >= 0.6 is 0 Å². The van der Waals surface area contributed by atoms with Gasteiger partial charge in [-0.3, -0.25) is 4.79 Å². The molecule has 1 aliphatic carbocycles. The van der Waals surface area contributed by atoms with Gasteiger partial charge in [-0.05, 0) is 56.3 Å². The van der Waals surface area contributed by atoms with Gasteiger partial charge >= 0.3 is 0 Å². The zero-order chi connectivity index (χ0) is 19.4. The molecule has 27 heavy (non-hydrogen) atoms. The number of hydrogen-bond donors (Lipinski definition) is 1. The zero-order valence-electron chi connectivity index (χ0n) is 15.8. The van der Waals surface area contributed by atoms with Crippen molar-refractivity contribution >= 4 is 5.91 Å². The molecule has 1 aromatic heterocycles. The second-order valence-electron chi connectivity index (χ2n) is 6.79. The Bertz CT molecular complexity index is 809. The molecule has 0 saturated heterocycles. The van der Waals surface area contributed by atoms with Crippen molar-refractivity contribution in [3.05, 3.63) is 53.0 Å². The summed E-state index contributed by atoms with van der Waals surface area (Å²) in [7, 11) is 5.37. The lowest BCUT2D eigenvalue weighted by Crippen LogP contribution is -2.27. The number of nitrogens with zero attached hydrogens (tertiary/aromatic N) is 2. The van der Waals surface area contributed by atoms with E-state index in [-0.39, 0.29) is 23.5 Å². The number of amides is 1. The molecular formula is C20H24FN3O3. The molecule has 144 valence electrons. The van der Waals surface area contributed by atoms with Crippen molar-refractivity contribution in [2.24, 2.45) is 0 Å². The average molecular weight is 373 g/mol. The number of likely N-dealkylation sites (N-methyl/N-ethyl adjacent to an activating group) is 1. The number of halogens is 1. The SMILES string of the molecule is COc1cc2c(cc1F)CCC2NC(=O)c1ccc(OCCN(C)C)nc1. The molecule has 0 spiro atoms. The van der Waals surface area contributed by atoms with Crippen LogP contribution in [-0.4, -0.2) is 50.1 Å². The predicted octanol–water partition coefficient (Wildman–Crippen LogP) is 2.59. The fourth-order valence-corrected chi connectivity index (χ4v) is 3.09. The molecule has 7 heteroatoms. The van der Waals surface area contributed by atoms with Gasteiger partial charge in [0.05, 0.1) is 18.7 Å². The maximum Gasteiger partial charge on any atom is 0.253 e. The van der Waals surface area contributed by atoms with E-state index in [2.05, 4.69) is 10.3 Å². The van der Waals surface area contributed by atoms with Crippen LogP contribution in [-0.2, 0) is 6.42 Å². The van der Waals surface area contributed by atoms with E-state index in [0.29, 0.717) is 18.1 Å². The molecule has 2 aromatic rings. The quantitative estimate of drug-likeness (QED) is 0.808. The first kappa shape index (κ1) is 19.1. The lowest BCUT2D eigenvalue weighted by Gasteiger charge is -2.15. The normalized spacial score (nSPS) is 15.5. The maximum absolute atomic E-state index is 13.8. The van der Waals surface area contributed by atoms with Crippen molar-refractivity contribution in [2.45, 2.75) is 18.9 Å². The van der Waals surface area contributed by atoms with Gasteiger partial charge in [-0.2, -0.15) is 0 Å². The molecule has 1 aliphatic rings. The number of rotatable bonds is 7. The minimum Gasteiger partial charge on any atom is -0.494 e. The zero-order valence-corrected chi connectivity index (χ0v) is 15.8. The summed E-state index contributed by atoms with van der Waals surface area (Å²) in [4.78, 5) is 18.7. The predicted molar refractivity (Wildman–Crippen MR) is 99.8 cm³/mol. The second kappa shape index (κ2) is 8.35. The smallest absolute Gasteiger partial charge is 0.253 e. The van der Waals surface area contributed by atoms with Gasteiger partial charge in [0.15, 0.2) is 11.6 Å². The van der Waals surface area contributed by atoms with Crippen molar-refractivity contribution in [3.63, 3.8) is 0 Å². The maximum atomic E-state index is 13.8. The van der Waals surface area contributed by atoms with E-state index in [0.717, 1.165) is 30.5 Å². The summed E-state index contributed by atoms with van der Waals surface area (Å²) in [5, 5.41) is 3.00. The Morgan fingerprint density at radius 2 is 2.19 bits per heavy atom. The summed E-state index contributed by atoms with van der Waals surface area (Å²) >= 11 is 0. The summed E-state index contributed by atoms with van der Waals surface area (Å²) in [6, 6.07) is 6.36. The largest absolute Gasteiger partial charge is 0.494 e. The minimum absolute atomic E-state index is 0.169.